The molecule has 8 rings (SSSR count). The molecule has 0 atom stereocenters. The molecule has 0 radical (unpaired) electrons. The quantitative estimate of drug-likeness (QED) is 0.101. The van der Waals surface area contributed by atoms with Gasteiger partial charge in [0.25, 0.3) is 0 Å². The second-order valence-corrected chi connectivity index (χ2v) is 20.9. The molecular weight excluding hydrogens is 985 g/mol. The standard InChI is InChI=1S/C48H41N2OPS2Se.Os/c1-6-17-35-30-51-31-36(35)29-41(34(5)52(37-19-11-8-12-20-37,38-21-13-9-14-22-38)39-23-15-10-16-24-39)42-27-28-44(54-42)46-33(4)32(3)45(47-48(46)50-55-49-47)43-26-25-40(53-43)18-7-2;/h7-29H,6,30-31H2,1-4H3;/q+1;/b18-7+,35-17?,36-29?,41-34?;. The molecule has 3 nitrogen and oxygen atoms in total. The summed E-state index contributed by atoms with van der Waals surface area (Å²) in [4.78, 5) is 4.92. The molecule has 0 unspecified atom stereocenters. The summed E-state index contributed by atoms with van der Waals surface area (Å²) in [7, 11) is -2.47. The molecule has 4 aromatic carbocycles. The summed E-state index contributed by atoms with van der Waals surface area (Å²) in [5.74, 6) is 0. The molecule has 56 heavy (non-hydrogen) atoms. The second kappa shape index (κ2) is 17.3. The molecule has 3 aromatic heterocycles. The van der Waals surface area contributed by atoms with E-state index < -0.39 is 7.26 Å². The fourth-order valence-corrected chi connectivity index (χ4v) is 17.0. The average molecular weight is 1030 g/mol. The van der Waals surface area contributed by atoms with Gasteiger partial charge in [-0.2, -0.15) is 0 Å². The molecule has 0 bridgehead atoms. The van der Waals surface area contributed by atoms with Gasteiger partial charge in [-0.3, -0.25) is 0 Å². The molecule has 1 saturated heterocycles. The summed E-state index contributed by atoms with van der Waals surface area (Å²) in [5.41, 5.74) is 10.8. The minimum absolute atomic E-state index is 0.180. The number of allylic oxidation sites excluding steroid dienone is 5. The Labute approximate surface area is 354 Å². The first-order valence-corrected chi connectivity index (χ1v) is 24.9. The Bertz CT molecular complexity index is 2600. The average Bonchev–Trinajstić information content (AvgIpc) is 4.08. The predicted molar refractivity (Wildman–Crippen MR) is 241 cm³/mol. The van der Waals surface area contributed by atoms with E-state index in [0.29, 0.717) is 13.2 Å². The van der Waals surface area contributed by atoms with E-state index in [2.05, 4.69) is 172 Å². The molecule has 0 N–H and O–H groups in total. The normalized spacial score (nSPS) is 15.3. The van der Waals surface area contributed by atoms with Crippen molar-refractivity contribution in [2.45, 2.75) is 34.1 Å². The van der Waals surface area contributed by atoms with E-state index >= 15 is 0 Å². The Kier molecular flexibility index (Phi) is 12.1. The van der Waals surface area contributed by atoms with Gasteiger partial charge in [0.1, 0.15) is 0 Å². The van der Waals surface area contributed by atoms with Gasteiger partial charge in [0.05, 0.1) is 0 Å². The topological polar surface area (TPSA) is 35.0 Å². The number of hydrogen-bond donors (Lipinski definition) is 0. The van der Waals surface area contributed by atoms with E-state index in [1.54, 1.807) is 0 Å². The SMILES string of the molecule is C/C=C/c1ccc(-c2c(C)c(C)c(-c3ccc(C(C=C4COCC4=CCC)=C([C]#[Os])[P+](c4ccccc4)(c4ccccc4)c4ccccc4)s3)c3n[se]nc23)s1. The summed E-state index contributed by atoms with van der Waals surface area (Å²) < 4.78 is 20.3. The van der Waals surface area contributed by atoms with Crippen LogP contribution < -0.4 is 15.9 Å². The van der Waals surface area contributed by atoms with Crippen molar-refractivity contribution >= 4 is 83.5 Å². The molecule has 279 valence electrons. The van der Waals surface area contributed by atoms with Gasteiger partial charge in [-0.25, -0.2) is 0 Å². The zero-order valence-electron chi connectivity index (χ0n) is 31.7. The van der Waals surface area contributed by atoms with Gasteiger partial charge in [0, 0.05) is 0 Å². The van der Waals surface area contributed by atoms with Gasteiger partial charge >= 0.3 is 358 Å². The van der Waals surface area contributed by atoms with Crippen molar-refractivity contribution in [1.29, 1.82) is 0 Å². The van der Waals surface area contributed by atoms with Crippen LogP contribution in [0.2, 0.25) is 0 Å². The van der Waals surface area contributed by atoms with Crippen molar-refractivity contribution in [2.24, 2.45) is 0 Å². The molecule has 8 heteroatoms. The van der Waals surface area contributed by atoms with Crippen LogP contribution in [0.1, 0.15) is 41.1 Å². The van der Waals surface area contributed by atoms with E-state index in [1.807, 2.05) is 40.6 Å². The van der Waals surface area contributed by atoms with Crippen LogP contribution in [0.4, 0.5) is 0 Å². The number of aromatic nitrogens is 2. The predicted octanol–water partition coefficient (Wildman–Crippen LogP) is 11.3. The van der Waals surface area contributed by atoms with Crippen molar-refractivity contribution in [2.75, 3.05) is 13.2 Å². The van der Waals surface area contributed by atoms with Crippen LogP contribution in [0, 0.1) is 18.2 Å². The van der Waals surface area contributed by atoms with E-state index in [-0.39, 0.29) is 15.0 Å². The first-order chi connectivity index (χ1) is 27.5. The molecule has 1 aliphatic heterocycles. The molecule has 4 heterocycles. The molecule has 0 aliphatic carbocycles. The maximum absolute atomic E-state index is 6.14. The van der Waals surface area contributed by atoms with Crippen LogP contribution in [0.5, 0.6) is 0 Å². The van der Waals surface area contributed by atoms with Gasteiger partial charge in [0.2, 0.25) is 0 Å². The van der Waals surface area contributed by atoms with Crippen molar-refractivity contribution < 1.29 is 22.7 Å². The number of benzene rings is 4. The molecule has 0 saturated carbocycles. The molecule has 0 amide bonds. The van der Waals surface area contributed by atoms with Crippen LogP contribution in [-0.2, 0) is 22.7 Å². The maximum atomic E-state index is 6.14. The zero-order chi connectivity index (χ0) is 38.6. The number of thiophene rings is 2. The first-order valence-electron chi connectivity index (χ1n) is 18.7. The molecule has 1 fully saturated rings. The fourth-order valence-electron chi connectivity index (χ4n) is 7.74. The number of rotatable bonds is 10. The van der Waals surface area contributed by atoms with Gasteiger partial charge in [0.15, 0.2) is 0 Å². The van der Waals surface area contributed by atoms with Crippen LogP contribution in [0.3, 0.4) is 0 Å². The molecular formula is C48H41N2OOsPS2Se+. The van der Waals surface area contributed by atoms with Crippen LogP contribution >= 0.6 is 29.9 Å². The third-order valence-corrected chi connectivity index (χ3v) is 19.1. The summed E-state index contributed by atoms with van der Waals surface area (Å²) in [6.07, 6.45) is 9.99. The van der Waals surface area contributed by atoms with Crippen molar-refractivity contribution in [3.63, 3.8) is 0 Å². The summed E-state index contributed by atoms with van der Waals surface area (Å²) >= 11 is 5.33. The number of nitrogens with zero attached hydrogens (tertiary/aromatic N) is 2. The number of hydrogen-bond acceptors (Lipinski definition) is 5. The van der Waals surface area contributed by atoms with Crippen LogP contribution in [0.15, 0.2) is 150 Å². The van der Waals surface area contributed by atoms with E-state index in [1.165, 1.54) is 79.7 Å². The number of fused-ring (bicyclic) bond motifs is 1. The summed E-state index contributed by atoms with van der Waals surface area (Å²) in [6, 6.07) is 42.5. The Balaban J connectivity index is 1.42. The Morgan fingerprint density at radius 3 is 1.82 bits per heavy atom. The third kappa shape index (κ3) is 7.16. The van der Waals surface area contributed by atoms with Gasteiger partial charge in [-0.1, -0.05) is 0 Å². The summed E-state index contributed by atoms with van der Waals surface area (Å²) in [6.45, 7) is 10.0. The fraction of sp³-hybridized carbons (Fsp3) is 0.146. The van der Waals surface area contributed by atoms with Crippen molar-refractivity contribution in [1.82, 2.24) is 7.96 Å². The van der Waals surface area contributed by atoms with E-state index in [4.69, 9.17) is 12.7 Å². The monoisotopic (exact) mass is 1030 g/mol. The first kappa shape index (κ1) is 39.0. The Morgan fingerprint density at radius 2 is 1.29 bits per heavy atom. The van der Waals surface area contributed by atoms with Gasteiger partial charge in [-0.15, -0.1) is 0 Å². The Morgan fingerprint density at radius 1 is 0.750 bits per heavy atom. The third-order valence-electron chi connectivity index (χ3n) is 10.4. The molecule has 1 aliphatic rings. The second-order valence-electron chi connectivity index (χ2n) is 13.7. The van der Waals surface area contributed by atoms with E-state index in [9.17, 15) is 0 Å². The van der Waals surface area contributed by atoms with Crippen molar-refractivity contribution in [3.05, 3.63) is 171 Å². The van der Waals surface area contributed by atoms with E-state index in [0.717, 1.165) is 17.5 Å². The van der Waals surface area contributed by atoms with Gasteiger partial charge in [-0.05, 0) is 0 Å². The van der Waals surface area contributed by atoms with Crippen LogP contribution in [-0.4, -0.2) is 36.1 Å². The Hall–Kier alpha value is -3.83. The summed E-state index contributed by atoms with van der Waals surface area (Å²) in [5, 5.41) is 5.15. The van der Waals surface area contributed by atoms with Crippen molar-refractivity contribution in [3.8, 4) is 25.3 Å². The molecule has 0 spiro atoms. The van der Waals surface area contributed by atoms with Gasteiger partial charge < -0.3 is 0 Å². The minimum atomic E-state index is -2.47. The van der Waals surface area contributed by atoms with Crippen LogP contribution in [0.25, 0.3) is 43.6 Å². The zero-order valence-corrected chi connectivity index (χ0v) is 38.5. The number of ether oxygens (including phenoxy) is 1. The molecule has 7 aromatic rings.